The third kappa shape index (κ3) is 7.36. The van der Waals surface area contributed by atoms with Gasteiger partial charge >= 0.3 is 5.97 Å². The van der Waals surface area contributed by atoms with E-state index in [1.165, 1.54) is 0 Å². The highest BCUT2D eigenvalue weighted by molar-refractivity contribution is 6.31. The minimum absolute atomic E-state index is 0.0463. The summed E-state index contributed by atoms with van der Waals surface area (Å²) in [6, 6.07) is 5.49. The normalized spacial score (nSPS) is 17.2. The van der Waals surface area contributed by atoms with Crippen molar-refractivity contribution in [2.24, 2.45) is 0 Å². The third-order valence-electron chi connectivity index (χ3n) is 4.35. The second-order valence-electron chi connectivity index (χ2n) is 6.79. The number of ether oxygens (including phenoxy) is 2. The summed E-state index contributed by atoms with van der Waals surface area (Å²) in [5.41, 5.74) is 0.956. The number of benzene rings is 1. The molecule has 1 saturated heterocycles. The molecule has 1 unspecified atom stereocenters. The van der Waals surface area contributed by atoms with Crippen LogP contribution in [0.4, 0.5) is 0 Å². The zero-order chi connectivity index (χ0) is 19.8. The van der Waals surface area contributed by atoms with E-state index in [1.54, 1.807) is 22.9 Å². The summed E-state index contributed by atoms with van der Waals surface area (Å²) in [7, 11) is 1.73. The second kappa shape index (κ2) is 10.5. The van der Waals surface area contributed by atoms with E-state index in [0.29, 0.717) is 50.7 Å². The summed E-state index contributed by atoms with van der Waals surface area (Å²) in [6.45, 7) is 4.33. The van der Waals surface area contributed by atoms with E-state index in [0.717, 1.165) is 11.3 Å². The summed E-state index contributed by atoms with van der Waals surface area (Å²) >= 11 is 5.99. The van der Waals surface area contributed by atoms with E-state index < -0.39 is 5.97 Å². The van der Waals surface area contributed by atoms with Gasteiger partial charge in [-0.1, -0.05) is 11.6 Å². The van der Waals surface area contributed by atoms with E-state index in [-0.39, 0.29) is 18.6 Å². The number of hydrogen-bond acceptors (Lipinski definition) is 5. The van der Waals surface area contributed by atoms with Gasteiger partial charge in [-0.25, -0.2) is 0 Å². The Morgan fingerprint density at radius 1 is 1.44 bits per heavy atom. The van der Waals surface area contributed by atoms with Crippen LogP contribution in [0.2, 0.25) is 5.02 Å². The number of likely N-dealkylation sites (N-methyl/N-ethyl adjacent to an activating group) is 1. The van der Waals surface area contributed by atoms with Crippen LogP contribution in [0, 0.1) is 6.92 Å². The Labute approximate surface area is 164 Å². The molecule has 0 aromatic heterocycles. The van der Waals surface area contributed by atoms with Crippen LogP contribution in [0.3, 0.4) is 0 Å². The fraction of sp³-hybridized carbons (Fsp3) is 0.579. The van der Waals surface area contributed by atoms with Gasteiger partial charge < -0.3 is 19.5 Å². The Bertz CT molecular complexity index is 655. The summed E-state index contributed by atoms with van der Waals surface area (Å²) in [5.74, 6) is -0.0607. The largest absolute Gasteiger partial charge is 0.494 e. The van der Waals surface area contributed by atoms with Crippen molar-refractivity contribution in [3.63, 3.8) is 0 Å². The molecule has 1 aliphatic rings. The lowest BCUT2D eigenvalue weighted by Crippen LogP contribution is -2.49. The Kier molecular flexibility index (Phi) is 8.34. The van der Waals surface area contributed by atoms with E-state index in [4.69, 9.17) is 26.2 Å². The second-order valence-corrected chi connectivity index (χ2v) is 7.19. The number of aliphatic carboxylic acids is 1. The lowest BCUT2D eigenvalue weighted by Gasteiger charge is -2.34. The molecule has 150 valence electrons. The number of amides is 1. The molecule has 0 spiro atoms. The molecular weight excluding hydrogens is 372 g/mol. The molecule has 1 aliphatic heterocycles. The Morgan fingerprint density at radius 3 is 2.93 bits per heavy atom. The number of nitrogens with zero attached hydrogens (tertiary/aromatic N) is 2. The summed E-state index contributed by atoms with van der Waals surface area (Å²) < 4.78 is 11.3. The molecule has 7 nitrogen and oxygen atoms in total. The SMILES string of the molecule is Cc1cc(OCCCC(=O)N2CCOC(CN(C)CC(=O)O)C2)ccc1Cl. The molecule has 0 aliphatic carbocycles. The van der Waals surface area contributed by atoms with Gasteiger partial charge in [0.1, 0.15) is 5.75 Å². The first-order chi connectivity index (χ1) is 12.8. The average molecular weight is 399 g/mol. The first-order valence-electron chi connectivity index (χ1n) is 9.04. The number of hydrogen-bond donors (Lipinski definition) is 1. The van der Waals surface area contributed by atoms with Gasteiger partial charge in [0.15, 0.2) is 0 Å². The third-order valence-corrected chi connectivity index (χ3v) is 4.77. The molecule has 8 heteroatoms. The molecule has 1 aromatic rings. The molecule has 27 heavy (non-hydrogen) atoms. The number of rotatable bonds is 9. The minimum atomic E-state index is -0.878. The Hall–Kier alpha value is -1.83. The maximum Gasteiger partial charge on any atom is 0.317 e. The van der Waals surface area contributed by atoms with E-state index in [2.05, 4.69) is 0 Å². The highest BCUT2D eigenvalue weighted by Crippen LogP contribution is 2.21. The van der Waals surface area contributed by atoms with Crippen molar-refractivity contribution < 1.29 is 24.2 Å². The highest BCUT2D eigenvalue weighted by Gasteiger charge is 2.25. The van der Waals surface area contributed by atoms with Crippen molar-refractivity contribution in [1.29, 1.82) is 0 Å². The standard InChI is InChI=1S/C19H27ClN2O5/c1-14-10-15(5-6-17(14)20)26-8-3-4-18(23)22-7-9-27-16(12-22)11-21(2)13-19(24)25/h5-6,10,16H,3-4,7-9,11-13H2,1-2H3,(H,24,25). The summed E-state index contributed by atoms with van der Waals surface area (Å²) in [4.78, 5) is 26.6. The van der Waals surface area contributed by atoms with E-state index >= 15 is 0 Å². The van der Waals surface area contributed by atoms with Crippen LogP contribution < -0.4 is 4.74 Å². The number of carboxylic acid groups (broad SMARTS) is 1. The molecule has 1 atom stereocenters. The first-order valence-corrected chi connectivity index (χ1v) is 9.41. The molecule has 1 fully saturated rings. The van der Waals surface area contributed by atoms with Gasteiger partial charge in [-0.2, -0.15) is 0 Å². The molecule has 0 saturated carbocycles. The van der Waals surface area contributed by atoms with Crippen LogP contribution in [0.1, 0.15) is 18.4 Å². The first kappa shape index (κ1) is 21.5. The van der Waals surface area contributed by atoms with Gasteiger partial charge in [0, 0.05) is 31.1 Å². The number of morpholine rings is 1. The monoisotopic (exact) mass is 398 g/mol. The summed E-state index contributed by atoms with van der Waals surface area (Å²) in [5, 5.41) is 9.52. The van der Waals surface area contributed by atoms with Crippen LogP contribution >= 0.6 is 11.6 Å². The number of carbonyl (C=O) groups is 2. The van der Waals surface area contributed by atoms with Crippen molar-refractivity contribution in [1.82, 2.24) is 9.80 Å². The zero-order valence-electron chi connectivity index (χ0n) is 15.8. The highest BCUT2D eigenvalue weighted by atomic mass is 35.5. The Balaban J connectivity index is 1.70. The van der Waals surface area contributed by atoms with Crippen molar-refractivity contribution >= 4 is 23.5 Å². The fourth-order valence-electron chi connectivity index (χ4n) is 2.98. The van der Waals surface area contributed by atoms with Crippen molar-refractivity contribution in [3.05, 3.63) is 28.8 Å². The molecular formula is C19H27ClN2O5. The Morgan fingerprint density at radius 2 is 2.22 bits per heavy atom. The number of carboxylic acids is 1. The van der Waals surface area contributed by atoms with Gasteiger partial charge in [0.05, 0.1) is 25.9 Å². The van der Waals surface area contributed by atoms with Crippen LogP contribution in [0.25, 0.3) is 0 Å². The van der Waals surface area contributed by atoms with E-state index in [9.17, 15) is 9.59 Å². The van der Waals surface area contributed by atoms with Crippen molar-refractivity contribution in [2.75, 3.05) is 46.4 Å². The number of carbonyl (C=O) groups excluding carboxylic acids is 1. The van der Waals surface area contributed by atoms with E-state index in [1.807, 2.05) is 19.1 Å². The van der Waals surface area contributed by atoms with Crippen LogP contribution in [0.15, 0.2) is 18.2 Å². The van der Waals surface area contributed by atoms with Gasteiger partial charge in [0.2, 0.25) is 5.91 Å². The lowest BCUT2D eigenvalue weighted by molar-refractivity contribution is -0.142. The summed E-state index contributed by atoms with van der Waals surface area (Å²) in [6.07, 6.45) is 0.867. The topological polar surface area (TPSA) is 79.3 Å². The fourth-order valence-corrected chi connectivity index (χ4v) is 3.10. The van der Waals surface area contributed by atoms with Crippen molar-refractivity contribution in [2.45, 2.75) is 25.9 Å². The molecule has 1 heterocycles. The van der Waals surface area contributed by atoms with Gasteiger partial charge in [0.25, 0.3) is 0 Å². The van der Waals surface area contributed by atoms with Crippen LogP contribution in [0.5, 0.6) is 5.75 Å². The molecule has 1 N–H and O–H groups in total. The zero-order valence-corrected chi connectivity index (χ0v) is 16.6. The van der Waals surface area contributed by atoms with Gasteiger partial charge in [-0.3, -0.25) is 14.5 Å². The maximum atomic E-state index is 12.4. The average Bonchev–Trinajstić information content (AvgIpc) is 2.61. The minimum Gasteiger partial charge on any atom is -0.494 e. The van der Waals surface area contributed by atoms with Crippen LogP contribution in [-0.4, -0.2) is 79.3 Å². The molecule has 1 aromatic carbocycles. The predicted octanol–water partition coefficient (Wildman–Crippen LogP) is 2.05. The molecule has 2 rings (SSSR count). The smallest absolute Gasteiger partial charge is 0.317 e. The lowest BCUT2D eigenvalue weighted by atomic mass is 10.2. The molecule has 1 amide bonds. The predicted molar refractivity (Wildman–Crippen MR) is 102 cm³/mol. The number of halogens is 1. The van der Waals surface area contributed by atoms with Gasteiger partial charge in [-0.05, 0) is 44.2 Å². The maximum absolute atomic E-state index is 12.4. The van der Waals surface area contributed by atoms with Crippen LogP contribution in [-0.2, 0) is 14.3 Å². The molecule has 0 bridgehead atoms. The van der Waals surface area contributed by atoms with Crippen molar-refractivity contribution in [3.8, 4) is 5.75 Å². The van der Waals surface area contributed by atoms with Gasteiger partial charge in [-0.15, -0.1) is 0 Å². The molecule has 0 radical (unpaired) electrons. The quantitative estimate of drug-likeness (QED) is 0.641. The number of aryl methyl sites for hydroxylation is 1.